The normalized spacial score (nSPS) is 24.9. The molecule has 0 saturated heterocycles. The van der Waals surface area contributed by atoms with Crippen molar-refractivity contribution in [2.45, 2.75) is 25.7 Å². The van der Waals surface area contributed by atoms with E-state index in [1.807, 2.05) is 0 Å². The van der Waals surface area contributed by atoms with Crippen LogP contribution in [0.1, 0.15) is 25.7 Å². The van der Waals surface area contributed by atoms with E-state index in [0.717, 1.165) is 0 Å². The van der Waals surface area contributed by atoms with Crippen molar-refractivity contribution in [3.05, 3.63) is 0 Å². The lowest BCUT2D eigenvalue weighted by atomic mass is 10.2. The van der Waals surface area contributed by atoms with Gasteiger partial charge >= 0.3 is 0 Å². The van der Waals surface area contributed by atoms with E-state index in [-0.39, 0.29) is 6.15 Å². The highest BCUT2D eigenvalue weighted by Gasteiger charge is 2.39. The maximum absolute atomic E-state index is 11.0. The smallest absolute Gasteiger partial charge is 0.139 e. The van der Waals surface area contributed by atoms with Gasteiger partial charge in [0.15, 0.2) is 0 Å². The van der Waals surface area contributed by atoms with Gasteiger partial charge in [-0.1, -0.05) is 0 Å². The van der Waals surface area contributed by atoms with Crippen LogP contribution in [0.5, 0.6) is 0 Å². The lowest BCUT2D eigenvalue weighted by Crippen LogP contribution is -2.01. The molecule has 0 bridgehead atoms. The molecule has 0 spiro atoms. The molecule has 9 heavy (non-hydrogen) atoms. The second kappa shape index (κ2) is 2.10. The topological polar surface area (TPSA) is 52.1 Å². The summed E-state index contributed by atoms with van der Waals surface area (Å²) in [6, 6.07) is 0. The Morgan fingerprint density at radius 3 is 1.56 bits per heavy atom. The average molecular weight is 127 g/mol. The van der Waals surface area contributed by atoms with Crippen molar-refractivity contribution in [1.82, 2.24) is 6.15 Å². The van der Waals surface area contributed by atoms with Gasteiger partial charge in [-0.3, -0.25) is 4.79 Å². The molecular formula is C7H13NO. The molecule has 3 N–H and O–H groups in total. The number of Topliss-reactive ketones (excluding diaryl/α,β-unsaturated/α-hetero) is 1. The highest BCUT2D eigenvalue weighted by molar-refractivity contribution is 5.87. The maximum Gasteiger partial charge on any atom is 0.139 e. The summed E-state index contributed by atoms with van der Waals surface area (Å²) in [5.41, 5.74) is 0. The Morgan fingerprint density at radius 1 is 1.00 bits per heavy atom. The zero-order chi connectivity index (χ0) is 5.56. The Bertz CT molecular complexity index is 111. The Balaban J connectivity index is 0.000000405. The minimum atomic E-state index is 0. The van der Waals surface area contributed by atoms with Gasteiger partial charge in [0.1, 0.15) is 5.78 Å². The van der Waals surface area contributed by atoms with Crippen molar-refractivity contribution in [3.8, 4) is 0 Å². The predicted octanol–water partition coefficient (Wildman–Crippen LogP) is 1.54. The lowest BCUT2D eigenvalue weighted by molar-refractivity contribution is -0.121. The number of hydrogen-bond acceptors (Lipinski definition) is 2. The molecule has 2 rings (SSSR count). The zero-order valence-corrected chi connectivity index (χ0v) is 5.60. The van der Waals surface area contributed by atoms with E-state index < -0.39 is 0 Å². The fourth-order valence-electron chi connectivity index (χ4n) is 1.07. The minimum absolute atomic E-state index is 0. The molecule has 2 fully saturated rings. The van der Waals surface area contributed by atoms with E-state index >= 15 is 0 Å². The largest absolute Gasteiger partial charge is 0.344 e. The van der Waals surface area contributed by atoms with Crippen molar-refractivity contribution in [3.63, 3.8) is 0 Å². The van der Waals surface area contributed by atoms with Gasteiger partial charge in [-0.25, -0.2) is 0 Å². The summed E-state index contributed by atoms with van der Waals surface area (Å²) in [6.07, 6.45) is 4.76. The second-order valence-electron chi connectivity index (χ2n) is 2.95. The van der Waals surface area contributed by atoms with Crippen LogP contribution < -0.4 is 6.15 Å². The quantitative estimate of drug-likeness (QED) is 0.611. The molecule has 0 aliphatic heterocycles. The molecule has 2 saturated carbocycles. The molecule has 0 unspecified atom stereocenters. The van der Waals surface area contributed by atoms with Crippen molar-refractivity contribution < 1.29 is 4.79 Å². The Kier molecular flexibility index (Phi) is 1.58. The van der Waals surface area contributed by atoms with Crippen LogP contribution in [-0.2, 0) is 4.79 Å². The monoisotopic (exact) mass is 127 g/mol. The van der Waals surface area contributed by atoms with Crippen LogP contribution in [0.4, 0.5) is 0 Å². The maximum atomic E-state index is 11.0. The molecule has 52 valence electrons. The average Bonchev–Trinajstić information content (AvgIpc) is 2.63. The zero-order valence-electron chi connectivity index (χ0n) is 5.60. The third-order valence-corrected chi connectivity index (χ3v) is 1.96. The molecule has 0 aromatic carbocycles. The van der Waals surface area contributed by atoms with Gasteiger partial charge in [0, 0.05) is 11.8 Å². The molecule has 2 nitrogen and oxygen atoms in total. The van der Waals surface area contributed by atoms with Gasteiger partial charge in [-0.15, -0.1) is 0 Å². The van der Waals surface area contributed by atoms with E-state index in [2.05, 4.69) is 0 Å². The van der Waals surface area contributed by atoms with Gasteiger partial charge in [0.05, 0.1) is 0 Å². The first-order valence-corrected chi connectivity index (χ1v) is 3.41. The molecule has 0 aromatic rings. The highest BCUT2D eigenvalue weighted by atomic mass is 16.1. The first-order valence-electron chi connectivity index (χ1n) is 3.41. The van der Waals surface area contributed by atoms with Crippen LogP contribution in [-0.4, -0.2) is 5.78 Å². The molecule has 0 atom stereocenters. The van der Waals surface area contributed by atoms with E-state index in [9.17, 15) is 4.79 Å². The van der Waals surface area contributed by atoms with Gasteiger partial charge in [0.25, 0.3) is 0 Å². The van der Waals surface area contributed by atoms with E-state index in [4.69, 9.17) is 0 Å². The van der Waals surface area contributed by atoms with Crippen molar-refractivity contribution in [2.75, 3.05) is 0 Å². The van der Waals surface area contributed by atoms with Crippen molar-refractivity contribution >= 4 is 5.78 Å². The van der Waals surface area contributed by atoms with Gasteiger partial charge < -0.3 is 6.15 Å². The minimum Gasteiger partial charge on any atom is -0.344 e. The molecular weight excluding hydrogens is 114 g/mol. The number of carbonyl (C=O) groups is 1. The van der Waals surface area contributed by atoms with Crippen LogP contribution in [0.2, 0.25) is 0 Å². The third-order valence-electron chi connectivity index (χ3n) is 1.96. The standard InChI is InChI=1S/C7H10O.H3N/c8-7(5-1-2-5)6-3-4-6;/h5-6H,1-4H2;1H3. The number of rotatable bonds is 2. The highest BCUT2D eigenvalue weighted by Crippen LogP contribution is 2.40. The van der Waals surface area contributed by atoms with E-state index in [0.29, 0.717) is 17.6 Å². The lowest BCUT2D eigenvalue weighted by Gasteiger charge is -1.87. The molecule has 2 heteroatoms. The SMILES string of the molecule is N.O=C(C1CC1)C1CC1. The van der Waals surface area contributed by atoms with Gasteiger partial charge in [0.2, 0.25) is 0 Å². The Morgan fingerprint density at radius 2 is 1.33 bits per heavy atom. The van der Waals surface area contributed by atoms with Crippen molar-refractivity contribution in [1.29, 1.82) is 0 Å². The summed E-state index contributed by atoms with van der Waals surface area (Å²) < 4.78 is 0. The first kappa shape index (κ1) is 6.75. The van der Waals surface area contributed by atoms with Gasteiger partial charge in [-0.05, 0) is 25.7 Å². The third kappa shape index (κ3) is 1.30. The summed E-state index contributed by atoms with van der Waals surface area (Å²) in [5.74, 6) is 1.61. The van der Waals surface area contributed by atoms with Crippen molar-refractivity contribution in [2.24, 2.45) is 11.8 Å². The van der Waals surface area contributed by atoms with E-state index in [1.54, 1.807) is 0 Å². The molecule has 2 aliphatic rings. The van der Waals surface area contributed by atoms with Crippen LogP contribution in [0.3, 0.4) is 0 Å². The van der Waals surface area contributed by atoms with Crippen LogP contribution >= 0.6 is 0 Å². The second-order valence-corrected chi connectivity index (χ2v) is 2.95. The summed E-state index contributed by atoms with van der Waals surface area (Å²) in [6.45, 7) is 0. The number of hydrogen-bond donors (Lipinski definition) is 1. The van der Waals surface area contributed by atoms with Crippen LogP contribution in [0.25, 0.3) is 0 Å². The number of ketones is 1. The molecule has 0 aromatic heterocycles. The summed E-state index contributed by atoms with van der Waals surface area (Å²) in [7, 11) is 0. The first-order chi connectivity index (χ1) is 3.88. The summed E-state index contributed by atoms with van der Waals surface area (Å²) in [5, 5.41) is 0. The van der Waals surface area contributed by atoms with Crippen LogP contribution in [0.15, 0.2) is 0 Å². The molecule has 0 heterocycles. The summed E-state index contributed by atoms with van der Waals surface area (Å²) in [4.78, 5) is 11.0. The molecule has 2 aliphatic carbocycles. The number of carbonyl (C=O) groups excluding carboxylic acids is 1. The molecule has 0 amide bonds. The molecule has 0 radical (unpaired) electrons. The predicted molar refractivity (Wildman–Crippen MR) is 35.5 cm³/mol. The summed E-state index contributed by atoms with van der Waals surface area (Å²) >= 11 is 0. The van der Waals surface area contributed by atoms with E-state index in [1.165, 1.54) is 25.7 Å². The van der Waals surface area contributed by atoms with Crippen LogP contribution in [0, 0.1) is 11.8 Å². The fraction of sp³-hybridized carbons (Fsp3) is 0.857. The fourth-order valence-corrected chi connectivity index (χ4v) is 1.07. The Hall–Kier alpha value is -0.370. The Labute approximate surface area is 55.2 Å². The van der Waals surface area contributed by atoms with Gasteiger partial charge in [-0.2, -0.15) is 0 Å².